The Labute approximate surface area is 192 Å². The van der Waals surface area contributed by atoms with Crippen molar-refractivity contribution in [3.63, 3.8) is 0 Å². The maximum atomic E-state index is 12.3. The average molecular weight is 437 g/mol. The highest BCUT2D eigenvalue weighted by Crippen LogP contribution is 2.49. The maximum Gasteiger partial charge on any atom is 0.407 e. The second kappa shape index (κ2) is 8.48. The van der Waals surface area contributed by atoms with Gasteiger partial charge >= 0.3 is 12.1 Å². The Morgan fingerprint density at radius 1 is 0.939 bits per heavy atom. The summed E-state index contributed by atoms with van der Waals surface area (Å²) in [7, 11) is 0. The van der Waals surface area contributed by atoms with Gasteiger partial charge in [0.15, 0.2) is 0 Å². The zero-order valence-electron chi connectivity index (χ0n) is 18.0. The minimum atomic E-state index is -0.814. The molecule has 0 heterocycles. The first-order valence-electron chi connectivity index (χ1n) is 11.0. The van der Waals surface area contributed by atoms with Crippen LogP contribution in [0.25, 0.3) is 11.1 Å². The van der Waals surface area contributed by atoms with Gasteiger partial charge in [-0.3, -0.25) is 4.79 Å². The van der Waals surface area contributed by atoms with Gasteiger partial charge in [-0.1, -0.05) is 78.6 Å². The zero-order valence-corrected chi connectivity index (χ0v) is 18.0. The SMILES string of the molecule is O=C(NCC#Cc1ccccc1C1(C(=O)O)CC1)OCC1c2ccccc2-c2ccccc21. The van der Waals surface area contributed by atoms with Crippen LogP contribution in [0.1, 0.15) is 41.0 Å². The molecule has 164 valence electrons. The predicted octanol–water partition coefficient (Wildman–Crippen LogP) is 4.69. The molecule has 5 heteroatoms. The molecule has 0 bridgehead atoms. The molecule has 1 amide bonds. The molecule has 0 atom stereocenters. The molecule has 0 radical (unpaired) electrons. The fourth-order valence-corrected chi connectivity index (χ4v) is 4.64. The minimum absolute atomic E-state index is 0.00635. The van der Waals surface area contributed by atoms with Crippen LogP contribution in [-0.2, 0) is 14.9 Å². The highest BCUT2D eigenvalue weighted by Gasteiger charge is 2.52. The summed E-state index contributed by atoms with van der Waals surface area (Å²) in [5, 5.41) is 12.2. The van der Waals surface area contributed by atoms with Gasteiger partial charge in [-0.2, -0.15) is 0 Å². The van der Waals surface area contributed by atoms with E-state index in [-0.39, 0.29) is 19.1 Å². The van der Waals surface area contributed by atoms with Crippen LogP contribution in [0.2, 0.25) is 0 Å². The molecule has 1 fully saturated rings. The standard InChI is InChI=1S/C28H23NO4/c30-26(31)28(15-16-28)25-14-6-1-8-19(25)9-7-17-29-27(32)33-18-24-22-12-4-2-10-20(22)21-11-3-5-13-23(21)24/h1-6,8,10-14,24H,15-18H2,(H,29,32)(H,30,31). The van der Waals surface area contributed by atoms with Crippen molar-refractivity contribution in [2.24, 2.45) is 0 Å². The van der Waals surface area contributed by atoms with Crippen LogP contribution in [-0.4, -0.2) is 30.3 Å². The number of benzene rings is 3. The summed E-state index contributed by atoms with van der Waals surface area (Å²) in [4.78, 5) is 24.0. The summed E-state index contributed by atoms with van der Waals surface area (Å²) in [5.41, 5.74) is 5.30. The first-order chi connectivity index (χ1) is 16.1. The van der Waals surface area contributed by atoms with Gasteiger partial charge in [-0.15, -0.1) is 0 Å². The number of hydrogen-bond donors (Lipinski definition) is 2. The van der Waals surface area contributed by atoms with Gasteiger partial charge < -0.3 is 15.2 Å². The molecule has 33 heavy (non-hydrogen) atoms. The van der Waals surface area contributed by atoms with Crippen molar-refractivity contribution in [3.8, 4) is 23.0 Å². The van der Waals surface area contributed by atoms with Crippen LogP contribution in [0.3, 0.4) is 0 Å². The molecule has 3 aromatic carbocycles. The number of hydrogen-bond acceptors (Lipinski definition) is 3. The van der Waals surface area contributed by atoms with E-state index < -0.39 is 17.5 Å². The van der Waals surface area contributed by atoms with Crippen molar-refractivity contribution in [1.29, 1.82) is 0 Å². The summed E-state index contributed by atoms with van der Waals surface area (Å²) in [6.45, 7) is 0.363. The lowest BCUT2D eigenvalue weighted by Gasteiger charge is -2.14. The number of rotatable bonds is 5. The van der Waals surface area contributed by atoms with Crippen LogP contribution < -0.4 is 5.32 Å². The molecular formula is C28H23NO4. The summed E-state index contributed by atoms with van der Waals surface area (Å²) in [5.74, 6) is 5.12. The van der Waals surface area contributed by atoms with Gasteiger partial charge in [0.2, 0.25) is 0 Å². The van der Waals surface area contributed by atoms with E-state index in [2.05, 4.69) is 41.4 Å². The zero-order chi connectivity index (χ0) is 22.8. The topological polar surface area (TPSA) is 75.6 Å². The molecule has 0 aromatic heterocycles. The number of carbonyl (C=O) groups is 2. The van der Waals surface area contributed by atoms with E-state index in [0.717, 1.165) is 16.7 Å². The molecule has 3 aromatic rings. The van der Waals surface area contributed by atoms with Crippen LogP contribution in [0.5, 0.6) is 0 Å². The van der Waals surface area contributed by atoms with E-state index in [1.54, 1.807) is 0 Å². The summed E-state index contributed by atoms with van der Waals surface area (Å²) >= 11 is 0. The van der Waals surface area contributed by atoms with Crippen LogP contribution >= 0.6 is 0 Å². The van der Waals surface area contributed by atoms with Crippen molar-refractivity contribution >= 4 is 12.1 Å². The molecule has 5 nitrogen and oxygen atoms in total. The fraction of sp³-hybridized carbons (Fsp3) is 0.214. The number of aliphatic carboxylic acids is 1. The molecule has 2 aliphatic rings. The molecule has 2 aliphatic carbocycles. The van der Waals surface area contributed by atoms with Crippen molar-refractivity contribution in [2.45, 2.75) is 24.2 Å². The predicted molar refractivity (Wildman–Crippen MR) is 125 cm³/mol. The van der Waals surface area contributed by atoms with Gasteiger partial charge in [0, 0.05) is 11.5 Å². The molecule has 0 unspecified atom stereocenters. The Balaban J connectivity index is 1.20. The maximum absolute atomic E-state index is 12.3. The number of carboxylic acids is 1. The number of carbonyl (C=O) groups excluding carboxylic acids is 1. The van der Waals surface area contributed by atoms with E-state index in [9.17, 15) is 14.7 Å². The first kappa shape index (κ1) is 20.8. The van der Waals surface area contributed by atoms with E-state index in [1.807, 2.05) is 48.5 Å². The molecule has 1 saturated carbocycles. The van der Waals surface area contributed by atoms with Crippen molar-refractivity contribution in [1.82, 2.24) is 5.32 Å². The highest BCUT2D eigenvalue weighted by atomic mass is 16.5. The third-order valence-corrected chi connectivity index (χ3v) is 6.49. The third-order valence-electron chi connectivity index (χ3n) is 6.49. The molecule has 0 aliphatic heterocycles. The Morgan fingerprint density at radius 3 is 2.18 bits per heavy atom. The first-order valence-corrected chi connectivity index (χ1v) is 11.0. The number of amides is 1. The lowest BCUT2D eigenvalue weighted by atomic mass is 9.91. The van der Waals surface area contributed by atoms with Crippen molar-refractivity contribution in [2.75, 3.05) is 13.2 Å². The Morgan fingerprint density at radius 2 is 1.55 bits per heavy atom. The van der Waals surface area contributed by atoms with Crippen molar-refractivity contribution in [3.05, 3.63) is 95.1 Å². The second-order valence-electron chi connectivity index (χ2n) is 8.41. The van der Waals surface area contributed by atoms with Gasteiger partial charge in [-0.05, 0) is 46.7 Å². The molecule has 5 rings (SSSR count). The molecule has 0 spiro atoms. The molecule has 0 saturated heterocycles. The number of alkyl carbamates (subject to hydrolysis) is 1. The lowest BCUT2D eigenvalue weighted by Crippen LogP contribution is -2.26. The smallest absolute Gasteiger partial charge is 0.407 e. The number of fused-ring (bicyclic) bond motifs is 3. The largest absolute Gasteiger partial charge is 0.481 e. The number of carboxylic acid groups (broad SMARTS) is 1. The van der Waals surface area contributed by atoms with Crippen LogP contribution in [0.15, 0.2) is 72.8 Å². The third kappa shape index (κ3) is 3.85. The Bertz CT molecular complexity index is 1250. The van der Waals surface area contributed by atoms with Crippen LogP contribution in [0.4, 0.5) is 4.79 Å². The average Bonchev–Trinajstić information content (AvgIpc) is 3.59. The van der Waals surface area contributed by atoms with Gasteiger partial charge in [0.1, 0.15) is 6.61 Å². The second-order valence-corrected chi connectivity index (χ2v) is 8.41. The Hall–Kier alpha value is -4.04. The van der Waals surface area contributed by atoms with Gasteiger partial charge in [0.05, 0.1) is 12.0 Å². The summed E-state index contributed by atoms with van der Waals surface area (Å²) in [6, 6.07) is 23.7. The fourth-order valence-electron chi connectivity index (χ4n) is 4.64. The van der Waals surface area contributed by atoms with E-state index in [0.29, 0.717) is 18.4 Å². The summed E-state index contributed by atoms with van der Waals surface area (Å²) < 4.78 is 5.52. The minimum Gasteiger partial charge on any atom is -0.481 e. The summed E-state index contributed by atoms with van der Waals surface area (Å²) in [6.07, 6.45) is 0.724. The highest BCUT2D eigenvalue weighted by molar-refractivity contribution is 5.86. The Kier molecular flexibility index (Phi) is 5.35. The monoisotopic (exact) mass is 437 g/mol. The quantitative estimate of drug-likeness (QED) is 0.568. The van der Waals surface area contributed by atoms with E-state index in [1.165, 1.54) is 11.1 Å². The molecule has 2 N–H and O–H groups in total. The van der Waals surface area contributed by atoms with Gasteiger partial charge in [0.25, 0.3) is 0 Å². The van der Waals surface area contributed by atoms with Crippen LogP contribution in [0, 0.1) is 11.8 Å². The number of nitrogens with one attached hydrogen (secondary N) is 1. The van der Waals surface area contributed by atoms with Crippen molar-refractivity contribution < 1.29 is 19.4 Å². The van der Waals surface area contributed by atoms with Gasteiger partial charge in [-0.25, -0.2) is 4.79 Å². The number of ether oxygens (including phenoxy) is 1. The molecular weight excluding hydrogens is 414 g/mol. The lowest BCUT2D eigenvalue weighted by molar-refractivity contribution is -0.140. The normalized spacial score (nSPS) is 14.9. The van der Waals surface area contributed by atoms with E-state index in [4.69, 9.17) is 4.74 Å². The van der Waals surface area contributed by atoms with E-state index >= 15 is 0 Å².